The van der Waals surface area contributed by atoms with Crippen LogP contribution in [-0.4, -0.2) is 29.0 Å². The molecule has 1 unspecified atom stereocenters. The molecule has 0 aromatic carbocycles. The fourth-order valence-corrected chi connectivity index (χ4v) is 2.65. The molecule has 2 heterocycles. The third-order valence-corrected chi connectivity index (χ3v) is 3.36. The molecule has 0 saturated carbocycles. The summed E-state index contributed by atoms with van der Waals surface area (Å²) in [4.78, 5) is 2.53. The summed E-state index contributed by atoms with van der Waals surface area (Å²) >= 11 is 2.08. The Balaban J connectivity index is 2.06. The summed E-state index contributed by atoms with van der Waals surface area (Å²) in [5, 5.41) is 0.843. The zero-order valence-corrected chi connectivity index (χ0v) is 7.16. The second kappa shape index (κ2) is 2.50. The van der Waals surface area contributed by atoms with E-state index in [1.165, 1.54) is 25.3 Å². The molecule has 2 aliphatic rings. The Morgan fingerprint density at radius 2 is 2.60 bits per heavy atom. The smallest absolute Gasteiger partial charge is 0.0334 e. The molecule has 0 spiro atoms. The van der Waals surface area contributed by atoms with Crippen LogP contribution in [0.15, 0.2) is 11.8 Å². The van der Waals surface area contributed by atoms with Gasteiger partial charge in [-0.05, 0) is 6.42 Å². The molecule has 10 heavy (non-hydrogen) atoms. The number of hydrogen-bond donors (Lipinski definition) is 0. The Labute approximate surface area is 66.5 Å². The van der Waals surface area contributed by atoms with Crippen LogP contribution >= 0.6 is 11.8 Å². The molecule has 0 aromatic rings. The minimum atomic E-state index is 0.843. The maximum absolute atomic E-state index is 2.53. The minimum Gasteiger partial charge on any atom is -0.373 e. The van der Waals surface area contributed by atoms with Crippen LogP contribution in [0.25, 0.3) is 0 Å². The van der Waals surface area contributed by atoms with Crippen LogP contribution in [0.2, 0.25) is 0 Å². The Morgan fingerprint density at radius 1 is 1.70 bits per heavy atom. The van der Waals surface area contributed by atoms with E-state index in [1.807, 2.05) is 0 Å². The number of rotatable bonds is 0. The van der Waals surface area contributed by atoms with Crippen LogP contribution in [0.1, 0.15) is 13.3 Å². The molecule has 0 bridgehead atoms. The molecule has 0 aromatic heterocycles. The summed E-state index contributed by atoms with van der Waals surface area (Å²) in [6.07, 6.45) is 3.67. The van der Waals surface area contributed by atoms with Gasteiger partial charge in [-0.1, -0.05) is 13.0 Å². The second-order valence-corrected chi connectivity index (χ2v) is 4.48. The summed E-state index contributed by atoms with van der Waals surface area (Å²) in [5.74, 6) is 1.25. The molecule has 1 fully saturated rings. The Kier molecular flexibility index (Phi) is 1.65. The highest BCUT2D eigenvalue weighted by Gasteiger charge is 2.22. The summed E-state index contributed by atoms with van der Waals surface area (Å²) in [5.41, 5.74) is 1.59. The summed E-state index contributed by atoms with van der Waals surface area (Å²) in [6.45, 7) is 4.87. The van der Waals surface area contributed by atoms with Gasteiger partial charge in [0.2, 0.25) is 0 Å². The molecule has 0 N–H and O–H groups in total. The largest absolute Gasteiger partial charge is 0.373 e. The Morgan fingerprint density at radius 3 is 3.50 bits per heavy atom. The van der Waals surface area contributed by atoms with Gasteiger partial charge in [0.25, 0.3) is 0 Å². The highest BCUT2D eigenvalue weighted by Crippen LogP contribution is 2.28. The van der Waals surface area contributed by atoms with Crippen molar-refractivity contribution in [1.29, 1.82) is 0 Å². The lowest BCUT2D eigenvalue weighted by atomic mass is 10.4. The third kappa shape index (κ3) is 1.05. The third-order valence-electron chi connectivity index (χ3n) is 2.18. The van der Waals surface area contributed by atoms with E-state index in [4.69, 9.17) is 0 Å². The summed E-state index contributed by atoms with van der Waals surface area (Å²) < 4.78 is 0. The molecule has 1 saturated heterocycles. The molecule has 0 amide bonds. The standard InChI is InChI=1S/C8H13NS/c1-7-5-9-4-2-3-8(9)6-10-7/h3,7H,2,4-6H2,1H3. The van der Waals surface area contributed by atoms with Gasteiger partial charge in [0.15, 0.2) is 0 Å². The van der Waals surface area contributed by atoms with Gasteiger partial charge in [-0.25, -0.2) is 0 Å². The van der Waals surface area contributed by atoms with E-state index in [0.717, 1.165) is 5.25 Å². The van der Waals surface area contributed by atoms with Crippen molar-refractivity contribution in [1.82, 2.24) is 4.90 Å². The lowest BCUT2D eigenvalue weighted by molar-refractivity contribution is 0.375. The molecule has 1 atom stereocenters. The van der Waals surface area contributed by atoms with Gasteiger partial charge >= 0.3 is 0 Å². The van der Waals surface area contributed by atoms with E-state index in [9.17, 15) is 0 Å². The first-order chi connectivity index (χ1) is 4.86. The number of thioether (sulfide) groups is 1. The molecule has 2 aliphatic heterocycles. The van der Waals surface area contributed by atoms with Gasteiger partial charge in [0.05, 0.1) is 0 Å². The van der Waals surface area contributed by atoms with Crippen molar-refractivity contribution in [3.63, 3.8) is 0 Å². The predicted molar refractivity (Wildman–Crippen MR) is 46.2 cm³/mol. The average molecular weight is 155 g/mol. The molecule has 2 rings (SSSR count). The Bertz CT molecular complexity index is 165. The van der Waals surface area contributed by atoms with Crippen LogP contribution in [0.4, 0.5) is 0 Å². The summed E-state index contributed by atoms with van der Waals surface area (Å²) in [6, 6.07) is 0. The van der Waals surface area contributed by atoms with Gasteiger partial charge in [-0.15, -0.1) is 0 Å². The highest BCUT2D eigenvalue weighted by atomic mass is 32.2. The van der Waals surface area contributed by atoms with Crippen molar-refractivity contribution in [2.24, 2.45) is 0 Å². The SMILES string of the molecule is CC1CN2CCC=C2CS1. The maximum atomic E-state index is 2.53. The molecule has 56 valence electrons. The molecular weight excluding hydrogens is 142 g/mol. The van der Waals surface area contributed by atoms with Crippen molar-refractivity contribution in [2.75, 3.05) is 18.8 Å². The molecule has 0 radical (unpaired) electrons. The minimum absolute atomic E-state index is 0.843. The maximum Gasteiger partial charge on any atom is 0.0334 e. The van der Waals surface area contributed by atoms with Gasteiger partial charge in [0.1, 0.15) is 0 Å². The van der Waals surface area contributed by atoms with E-state index < -0.39 is 0 Å². The van der Waals surface area contributed by atoms with Crippen LogP contribution in [0.3, 0.4) is 0 Å². The zero-order valence-electron chi connectivity index (χ0n) is 6.34. The van der Waals surface area contributed by atoms with Gasteiger partial charge < -0.3 is 4.90 Å². The monoisotopic (exact) mass is 155 g/mol. The van der Waals surface area contributed by atoms with Crippen molar-refractivity contribution in [3.05, 3.63) is 11.8 Å². The van der Waals surface area contributed by atoms with Gasteiger partial charge in [0, 0.05) is 29.8 Å². The van der Waals surface area contributed by atoms with Gasteiger partial charge in [-0.2, -0.15) is 11.8 Å². The fraction of sp³-hybridized carbons (Fsp3) is 0.750. The van der Waals surface area contributed by atoms with E-state index in [1.54, 1.807) is 5.70 Å². The van der Waals surface area contributed by atoms with E-state index in [-0.39, 0.29) is 0 Å². The van der Waals surface area contributed by atoms with Crippen molar-refractivity contribution in [2.45, 2.75) is 18.6 Å². The lowest BCUT2D eigenvalue weighted by Crippen LogP contribution is -2.32. The van der Waals surface area contributed by atoms with E-state index >= 15 is 0 Å². The van der Waals surface area contributed by atoms with Crippen molar-refractivity contribution >= 4 is 11.8 Å². The number of nitrogens with zero attached hydrogens (tertiary/aromatic N) is 1. The molecule has 0 aliphatic carbocycles. The first-order valence-corrected chi connectivity index (χ1v) is 4.97. The highest BCUT2D eigenvalue weighted by molar-refractivity contribution is 8.00. The quantitative estimate of drug-likeness (QED) is 0.524. The van der Waals surface area contributed by atoms with Crippen LogP contribution in [-0.2, 0) is 0 Å². The van der Waals surface area contributed by atoms with Crippen LogP contribution < -0.4 is 0 Å². The molecular formula is C8H13NS. The zero-order chi connectivity index (χ0) is 6.97. The lowest BCUT2D eigenvalue weighted by Gasteiger charge is -2.30. The van der Waals surface area contributed by atoms with Crippen LogP contribution in [0.5, 0.6) is 0 Å². The second-order valence-electron chi connectivity index (χ2n) is 3.05. The van der Waals surface area contributed by atoms with E-state index in [0.29, 0.717) is 0 Å². The Hall–Kier alpha value is -0.110. The summed E-state index contributed by atoms with van der Waals surface area (Å²) in [7, 11) is 0. The number of hydrogen-bond acceptors (Lipinski definition) is 2. The normalized spacial score (nSPS) is 31.9. The predicted octanol–water partition coefficient (Wildman–Crippen LogP) is 1.71. The fourth-order valence-electron chi connectivity index (χ4n) is 1.61. The van der Waals surface area contributed by atoms with Crippen LogP contribution in [0, 0.1) is 0 Å². The van der Waals surface area contributed by atoms with Crippen molar-refractivity contribution in [3.8, 4) is 0 Å². The first kappa shape index (κ1) is 6.59. The molecule has 2 heteroatoms. The molecule has 1 nitrogen and oxygen atoms in total. The number of fused-ring (bicyclic) bond motifs is 1. The van der Waals surface area contributed by atoms with E-state index in [2.05, 4.69) is 29.7 Å². The topological polar surface area (TPSA) is 3.24 Å². The van der Waals surface area contributed by atoms with Gasteiger partial charge in [-0.3, -0.25) is 0 Å². The average Bonchev–Trinajstić information content (AvgIpc) is 2.33. The first-order valence-electron chi connectivity index (χ1n) is 3.92. The van der Waals surface area contributed by atoms with Crippen molar-refractivity contribution < 1.29 is 0 Å².